The molecule has 0 bridgehead atoms. The molecule has 1 saturated heterocycles. The Morgan fingerprint density at radius 2 is 1.96 bits per heavy atom. The van der Waals surface area contributed by atoms with Crippen LogP contribution in [0.2, 0.25) is 0 Å². The zero-order valence-electron chi connectivity index (χ0n) is 14.9. The molecule has 0 saturated carbocycles. The third kappa shape index (κ3) is 2.83. The summed E-state index contributed by atoms with van der Waals surface area (Å²) in [5.41, 5.74) is 1.32. The van der Waals surface area contributed by atoms with Gasteiger partial charge in [-0.25, -0.2) is 0 Å². The van der Waals surface area contributed by atoms with Gasteiger partial charge in [-0.3, -0.25) is 19.3 Å². The maximum atomic E-state index is 13.1. The van der Waals surface area contributed by atoms with Gasteiger partial charge < -0.3 is 10.2 Å². The lowest BCUT2D eigenvalue weighted by Crippen LogP contribution is -2.58. The van der Waals surface area contributed by atoms with Gasteiger partial charge in [0, 0.05) is 42.3 Å². The van der Waals surface area contributed by atoms with Crippen LogP contribution in [-0.4, -0.2) is 47.7 Å². The van der Waals surface area contributed by atoms with Crippen LogP contribution in [0.5, 0.6) is 0 Å². The lowest BCUT2D eigenvalue weighted by atomic mass is 9.94. The van der Waals surface area contributed by atoms with E-state index in [-0.39, 0.29) is 5.91 Å². The van der Waals surface area contributed by atoms with Crippen LogP contribution >= 0.6 is 0 Å². The molecule has 6 nitrogen and oxygen atoms in total. The van der Waals surface area contributed by atoms with E-state index in [0.29, 0.717) is 34.9 Å². The summed E-state index contributed by atoms with van der Waals surface area (Å²) in [5, 5.41) is 3.95. The minimum absolute atomic E-state index is 0.325. The highest BCUT2D eigenvalue weighted by molar-refractivity contribution is 6.28. The van der Waals surface area contributed by atoms with Crippen LogP contribution in [0.1, 0.15) is 23.2 Å². The molecule has 2 heterocycles. The van der Waals surface area contributed by atoms with E-state index in [1.54, 1.807) is 12.1 Å². The molecule has 1 atom stereocenters. The van der Waals surface area contributed by atoms with Gasteiger partial charge >= 0.3 is 0 Å². The average Bonchev–Trinajstić information content (AvgIpc) is 2.57. The Morgan fingerprint density at radius 1 is 1.23 bits per heavy atom. The number of fused-ring (bicyclic) bond motifs is 1. The number of amides is 3. The molecule has 0 radical (unpaired) electrons. The molecule has 26 heavy (non-hydrogen) atoms. The fraction of sp³-hybridized carbons (Fsp3) is 0.250. The smallest absolute Gasteiger partial charge is 0.262 e. The number of nitrogens with zero attached hydrogens (tertiary/aromatic N) is 2. The second-order valence-electron chi connectivity index (χ2n) is 6.61. The van der Waals surface area contributed by atoms with Crippen LogP contribution in [0.15, 0.2) is 43.1 Å². The molecule has 1 unspecified atom stereocenters. The van der Waals surface area contributed by atoms with Crippen LogP contribution in [0, 0.1) is 0 Å². The second-order valence-corrected chi connectivity index (χ2v) is 6.61. The first kappa shape index (κ1) is 17.7. The first-order valence-corrected chi connectivity index (χ1v) is 8.35. The Labute approximate surface area is 151 Å². The van der Waals surface area contributed by atoms with Crippen molar-refractivity contribution in [2.24, 2.45) is 0 Å². The Morgan fingerprint density at radius 3 is 2.58 bits per heavy atom. The van der Waals surface area contributed by atoms with Gasteiger partial charge in [-0.15, -0.1) is 0 Å². The highest BCUT2D eigenvalue weighted by Gasteiger charge is 2.41. The predicted molar refractivity (Wildman–Crippen MR) is 98.9 cm³/mol. The molecule has 3 amide bonds. The van der Waals surface area contributed by atoms with Crippen molar-refractivity contribution in [3.05, 3.63) is 59.1 Å². The van der Waals surface area contributed by atoms with Crippen molar-refractivity contribution < 1.29 is 14.4 Å². The summed E-state index contributed by atoms with van der Waals surface area (Å²) in [4.78, 5) is 41.4. The van der Waals surface area contributed by atoms with Gasteiger partial charge in [0.2, 0.25) is 5.91 Å². The molecule has 1 fully saturated rings. The maximum absolute atomic E-state index is 13.1. The molecule has 2 aliphatic rings. The highest BCUT2D eigenvalue weighted by Crippen LogP contribution is 2.22. The zero-order valence-corrected chi connectivity index (χ0v) is 14.9. The minimum Gasteiger partial charge on any atom is -0.383 e. The molecule has 0 aromatic heterocycles. The largest absolute Gasteiger partial charge is 0.383 e. The van der Waals surface area contributed by atoms with Gasteiger partial charge in [0.25, 0.3) is 11.8 Å². The van der Waals surface area contributed by atoms with Crippen LogP contribution in [0.4, 0.5) is 0 Å². The first-order valence-electron chi connectivity index (χ1n) is 8.35. The Hall–Kier alpha value is -3.15. The van der Waals surface area contributed by atoms with Crippen LogP contribution in [0.25, 0.3) is 11.8 Å². The van der Waals surface area contributed by atoms with Gasteiger partial charge in [-0.2, -0.15) is 0 Å². The van der Waals surface area contributed by atoms with Crippen molar-refractivity contribution in [3.63, 3.8) is 0 Å². The number of carbonyl (C=O) groups excluding carboxylic acids is 3. The Bertz CT molecular complexity index is 959. The number of carbonyl (C=O) groups is 3. The fourth-order valence-electron chi connectivity index (χ4n) is 3.37. The number of imide groups is 1. The van der Waals surface area contributed by atoms with Crippen molar-refractivity contribution in [1.82, 2.24) is 15.1 Å². The second kappa shape index (κ2) is 6.63. The van der Waals surface area contributed by atoms with Crippen molar-refractivity contribution >= 4 is 29.5 Å². The Balaban J connectivity index is 2.21. The summed E-state index contributed by atoms with van der Waals surface area (Å²) < 4.78 is 0. The van der Waals surface area contributed by atoms with Gasteiger partial charge in [0.1, 0.15) is 6.04 Å². The number of hydrogen-bond acceptors (Lipinski definition) is 4. The van der Waals surface area contributed by atoms with Crippen LogP contribution in [-0.2, 0) is 9.59 Å². The maximum Gasteiger partial charge on any atom is 0.262 e. The summed E-state index contributed by atoms with van der Waals surface area (Å²) >= 11 is 0. The summed E-state index contributed by atoms with van der Waals surface area (Å²) in [6.45, 7) is 7.49. The molecule has 1 aromatic rings. The van der Waals surface area contributed by atoms with E-state index in [2.05, 4.69) is 18.5 Å². The van der Waals surface area contributed by atoms with Gasteiger partial charge in [0.15, 0.2) is 0 Å². The standard InChI is InChI=1S/C20H21N3O3/c1-5-14-17-13(11-22(3)4)7-6-8-15(17)20(26)23(19(14)25)16-10-9-12(2)21-18(16)24/h5-8,11,16H,1-2,9-10H2,3-4H3,(H,21,24)/b13-11-. The van der Waals surface area contributed by atoms with E-state index in [1.807, 2.05) is 31.3 Å². The number of benzene rings is 1. The fourth-order valence-corrected chi connectivity index (χ4v) is 3.37. The molecule has 1 N–H and O–H groups in total. The van der Waals surface area contributed by atoms with Crippen molar-refractivity contribution in [2.75, 3.05) is 14.1 Å². The van der Waals surface area contributed by atoms with Gasteiger partial charge in [0.05, 0.1) is 0 Å². The predicted octanol–water partition coefficient (Wildman–Crippen LogP) is 0.0976. The quantitative estimate of drug-likeness (QED) is 0.784. The van der Waals surface area contributed by atoms with Gasteiger partial charge in [-0.05, 0) is 24.1 Å². The molecule has 0 aliphatic carbocycles. The summed E-state index contributed by atoms with van der Waals surface area (Å²) in [5.74, 6) is -1.34. The van der Waals surface area contributed by atoms with Crippen LogP contribution < -0.4 is 15.8 Å². The lowest BCUT2D eigenvalue weighted by molar-refractivity contribution is -0.134. The lowest BCUT2D eigenvalue weighted by Gasteiger charge is -2.35. The molecular weight excluding hydrogens is 330 g/mol. The molecule has 3 rings (SSSR count). The third-order valence-electron chi connectivity index (χ3n) is 4.50. The van der Waals surface area contributed by atoms with Crippen molar-refractivity contribution in [1.29, 1.82) is 0 Å². The number of piperidine rings is 1. The number of nitrogens with one attached hydrogen (secondary N) is 1. The molecule has 0 spiro atoms. The van der Waals surface area contributed by atoms with Gasteiger partial charge in [-0.1, -0.05) is 31.4 Å². The van der Waals surface area contributed by atoms with E-state index < -0.39 is 17.9 Å². The SMILES string of the molecule is C=CC1=c2c(ccc/c2=C/N(C)C)C(=O)N(C2CCC(=C)NC2=O)C1=O. The van der Waals surface area contributed by atoms with Crippen molar-refractivity contribution in [3.8, 4) is 0 Å². The molecule has 6 heteroatoms. The highest BCUT2D eigenvalue weighted by atomic mass is 16.2. The molecule has 134 valence electrons. The first-order chi connectivity index (χ1) is 12.3. The number of rotatable bonds is 3. The topological polar surface area (TPSA) is 69.7 Å². The van der Waals surface area contributed by atoms with E-state index in [0.717, 1.165) is 10.1 Å². The normalized spacial score (nSPS) is 20.8. The Kier molecular flexibility index (Phi) is 4.50. The summed E-state index contributed by atoms with van der Waals surface area (Å²) in [6.07, 6.45) is 4.19. The van der Waals surface area contributed by atoms with E-state index >= 15 is 0 Å². The summed E-state index contributed by atoms with van der Waals surface area (Å²) in [7, 11) is 3.73. The van der Waals surface area contributed by atoms with E-state index in [4.69, 9.17) is 0 Å². The van der Waals surface area contributed by atoms with E-state index in [1.165, 1.54) is 6.08 Å². The minimum atomic E-state index is -0.843. The zero-order chi connectivity index (χ0) is 19.0. The third-order valence-corrected chi connectivity index (χ3v) is 4.50. The van der Waals surface area contributed by atoms with Crippen molar-refractivity contribution in [2.45, 2.75) is 18.9 Å². The monoisotopic (exact) mass is 351 g/mol. The van der Waals surface area contributed by atoms with Crippen LogP contribution in [0.3, 0.4) is 0 Å². The van der Waals surface area contributed by atoms with E-state index in [9.17, 15) is 14.4 Å². The molecular formula is C20H21N3O3. The average molecular weight is 351 g/mol. The molecule has 2 aliphatic heterocycles. The number of allylic oxidation sites excluding steroid dienone is 1. The molecule has 1 aromatic carbocycles. The summed E-state index contributed by atoms with van der Waals surface area (Å²) in [6, 6.07) is 4.44. The number of hydrogen-bond donors (Lipinski definition) is 1.